The molecule has 0 bridgehead atoms. The van der Waals surface area contributed by atoms with Crippen molar-refractivity contribution in [3.63, 3.8) is 0 Å². The summed E-state index contributed by atoms with van der Waals surface area (Å²) in [5.74, 6) is -0.0620. The third kappa shape index (κ3) is 3.74. The molecule has 2 heterocycles. The monoisotopic (exact) mass is 405 g/mol. The molecule has 4 nitrogen and oxygen atoms in total. The number of hydrogen-bond acceptors (Lipinski definition) is 5. The number of hydrogen-bond donors (Lipinski definition) is 0. The van der Waals surface area contributed by atoms with Gasteiger partial charge in [0.1, 0.15) is 5.01 Å². The molecule has 4 aromatic rings. The van der Waals surface area contributed by atoms with E-state index in [0.29, 0.717) is 5.13 Å². The molecule has 28 heavy (non-hydrogen) atoms. The van der Waals surface area contributed by atoms with Gasteiger partial charge >= 0.3 is 0 Å². The molecule has 1 amide bonds. The van der Waals surface area contributed by atoms with Crippen LogP contribution in [-0.2, 0) is 4.79 Å². The fraction of sp³-hybridized carbons (Fsp3) is 0.136. The zero-order chi connectivity index (χ0) is 19.7. The average Bonchev–Trinajstić information content (AvgIpc) is 3.28. The summed E-state index contributed by atoms with van der Waals surface area (Å²) in [6.07, 6.45) is 3.93. The number of thiazole rings is 2. The van der Waals surface area contributed by atoms with Crippen LogP contribution in [0.1, 0.15) is 28.8 Å². The molecule has 2 aromatic heterocycles. The van der Waals surface area contributed by atoms with Crippen molar-refractivity contribution in [1.82, 2.24) is 9.97 Å². The fourth-order valence-corrected chi connectivity index (χ4v) is 4.69. The number of nitrogens with zero attached hydrogens (tertiary/aromatic N) is 3. The molecule has 0 radical (unpaired) electrons. The lowest BCUT2D eigenvalue weighted by molar-refractivity contribution is -0.115. The molecule has 6 heteroatoms. The van der Waals surface area contributed by atoms with Crippen LogP contribution in [0.4, 0.5) is 10.8 Å². The van der Waals surface area contributed by atoms with Gasteiger partial charge in [-0.25, -0.2) is 9.97 Å². The quantitative estimate of drug-likeness (QED) is 0.405. The van der Waals surface area contributed by atoms with Crippen LogP contribution in [0.25, 0.3) is 22.4 Å². The van der Waals surface area contributed by atoms with Crippen molar-refractivity contribution in [2.24, 2.45) is 0 Å². The summed E-state index contributed by atoms with van der Waals surface area (Å²) in [7, 11) is 0. The first-order valence-corrected chi connectivity index (χ1v) is 10.6. The van der Waals surface area contributed by atoms with Crippen LogP contribution in [0.15, 0.2) is 47.8 Å². The molecule has 140 valence electrons. The van der Waals surface area contributed by atoms with E-state index in [4.69, 9.17) is 4.98 Å². The lowest BCUT2D eigenvalue weighted by atomic mass is 10.1. The second-order valence-corrected chi connectivity index (χ2v) is 8.43. The van der Waals surface area contributed by atoms with Crippen LogP contribution in [-0.4, -0.2) is 15.9 Å². The zero-order valence-electron chi connectivity index (χ0n) is 15.8. The topological polar surface area (TPSA) is 46.1 Å². The number of aryl methyl sites for hydroxylation is 2. The molecular weight excluding hydrogens is 386 g/mol. The number of anilines is 2. The predicted octanol–water partition coefficient (Wildman–Crippen LogP) is 6.22. The second-order valence-electron chi connectivity index (χ2n) is 6.53. The Morgan fingerprint density at radius 3 is 2.54 bits per heavy atom. The maximum absolute atomic E-state index is 12.2. The van der Waals surface area contributed by atoms with Gasteiger partial charge in [0.2, 0.25) is 5.91 Å². The molecule has 0 spiro atoms. The van der Waals surface area contributed by atoms with E-state index in [1.165, 1.54) is 27.2 Å². The number of para-hydroxylation sites is 1. The van der Waals surface area contributed by atoms with E-state index in [9.17, 15) is 4.79 Å². The van der Waals surface area contributed by atoms with Crippen molar-refractivity contribution in [2.75, 3.05) is 4.90 Å². The molecule has 0 fully saturated rings. The number of amides is 1. The Kier molecular flexibility index (Phi) is 5.07. The Hall–Kier alpha value is -2.83. The normalized spacial score (nSPS) is 11.4. The van der Waals surface area contributed by atoms with Gasteiger partial charge in [-0.05, 0) is 61.4 Å². The number of aromatic nitrogens is 2. The Morgan fingerprint density at radius 1 is 1.04 bits per heavy atom. The maximum Gasteiger partial charge on any atom is 0.230 e. The zero-order valence-corrected chi connectivity index (χ0v) is 17.5. The van der Waals surface area contributed by atoms with E-state index in [0.717, 1.165) is 21.9 Å². The Morgan fingerprint density at radius 2 is 1.79 bits per heavy atom. The van der Waals surface area contributed by atoms with Crippen molar-refractivity contribution in [1.29, 1.82) is 0 Å². The minimum atomic E-state index is -0.0620. The molecule has 0 unspecified atom stereocenters. The van der Waals surface area contributed by atoms with Crippen molar-refractivity contribution >= 4 is 61.8 Å². The number of fused-ring (bicyclic) bond motifs is 1. The largest absolute Gasteiger partial charge is 0.274 e. The highest BCUT2D eigenvalue weighted by molar-refractivity contribution is 7.19. The van der Waals surface area contributed by atoms with Crippen LogP contribution in [0.2, 0.25) is 0 Å². The number of benzene rings is 2. The molecule has 2 aromatic carbocycles. The summed E-state index contributed by atoms with van der Waals surface area (Å²) in [5.41, 5.74) is 5.19. The van der Waals surface area contributed by atoms with Crippen LogP contribution in [0.3, 0.4) is 0 Å². The molecule has 0 saturated carbocycles. The average molecular weight is 406 g/mol. The third-order valence-electron chi connectivity index (χ3n) is 4.45. The lowest BCUT2D eigenvalue weighted by Gasteiger charge is -2.17. The molecule has 0 aliphatic heterocycles. The van der Waals surface area contributed by atoms with Gasteiger partial charge in [-0.1, -0.05) is 18.2 Å². The van der Waals surface area contributed by atoms with Gasteiger partial charge in [0, 0.05) is 12.3 Å². The van der Waals surface area contributed by atoms with E-state index in [1.807, 2.05) is 47.9 Å². The minimum Gasteiger partial charge on any atom is -0.274 e. The smallest absolute Gasteiger partial charge is 0.230 e. The minimum absolute atomic E-state index is 0.0620. The molecule has 0 atom stereocenters. The van der Waals surface area contributed by atoms with Crippen molar-refractivity contribution in [2.45, 2.75) is 20.8 Å². The van der Waals surface area contributed by atoms with Crippen molar-refractivity contribution in [3.8, 4) is 0 Å². The highest BCUT2D eigenvalue weighted by Crippen LogP contribution is 2.30. The lowest BCUT2D eigenvalue weighted by Crippen LogP contribution is -2.22. The summed E-state index contributed by atoms with van der Waals surface area (Å²) >= 11 is 3.12. The molecule has 0 aliphatic carbocycles. The van der Waals surface area contributed by atoms with Gasteiger partial charge in [-0.3, -0.25) is 9.69 Å². The first-order valence-electron chi connectivity index (χ1n) is 8.88. The van der Waals surface area contributed by atoms with Gasteiger partial charge in [0.15, 0.2) is 5.13 Å². The summed E-state index contributed by atoms with van der Waals surface area (Å²) in [5, 5.41) is 3.56. The van der Waals surface area contributed by atoms with Crippen molar-refractivity contribution < 1.29 is 4.79 Å². The predicted molar refractivity (Wildman–Crippen MR) is 119 cm³/mol. The fourth-order valence-electron chi connectivity index (χ4n) is 2.89. The summed E-state index contributed by atoms with van der Waals surface area (Å²) in [6, 6.07) is 13.9. The molecule has 4 rings (SSSR count). The van der Waals surface area contributed by atoms with Gasteiger partial charge < -0.3 is 0 Å². The first-order chi connectivity index (χ1) is 13.5. The first kappa shape index (κ1) is 18.5. The van der Waals surface area contributed by atoms with E-state index in [1.54, 1.807) is 23.2 Å². The summed E-state index contributed by atoms with van der Waals surface area (Å²) in [6.45, 7) is 5.78. The van der Waals surface area contributed by atoms with Crippen molar-refractivity contribution in [3.05, 3.63) is 69.7 Å². The molecule has 0 aliphatic rings. The number of carbonyl (C=O) groups is 1. The van der Waals surface area contributed by atoms with Crippen LogP contribution >= 0.6 is 22.7 Å². The Bertz CT molecular complexity index is 1140. The molecular formula is C22H19N3OS2. The molecule has 0 saturated heterocycles. The summed E-state index contributed by atoms with van der Waals surface area (Å²) < 4.78 is 1.19. The van der Waals surface area contributed by atoms with Gasteiger partial charge in [-0.15, -0.1) is 22.7 Å². The third-order valence-corrected chi connectivity index (χ3v) is 6.27. The molecule has 0 N–H and O–H groups in total. The van der Waals surface area contributed by atoms with Gasteiger partial charge in [-0.2, -0.15) is 0 Å². The van der Waals surface area contributed by atoms with E-state index in [-0.39, 0.29) is 5.91 Å². The van der Waals surface area contributed by atoms with E-state index < -0.39 is 0 Å². The SMILES string of the molecule is CC(=O)N(c1ccccc1)c1nc(/C=C/c2nc3cc(C)c(C)cc3s2)cs1. The number of carbonyl (C=O) groups excluding carboxylic acids is 1. The maximum atomic E-state index is 12.2. The van der Waals surface area contributed by atoms with Gasteiger partial charge in [0.05, 0.1) is 21.6 Å². The highest BCUT2D eigenvalue weighted by Gasteiger charge is 2.17. The van der Waals surface area contributed by atoms with E-state index in [2.05, 4.69) is 31.0 Å². The number of rotatable bonds is 4. The van der Waals surface area contributed by atoms with Crippen LogP contribution in [0, 0.1) is 13.8 Å². The second kappa shape index (κ2) is 7.66. The highest BCUT2D eigenvalue weighted by atomic mass is 32.1. The Balaban J connectivity index is 1.60. The van der Waals surface area contributed by atoms with E-state index >= 15 is 0 Å². The van der Waals surface area contributed by atoms with Crippen LogP contribution in [0.5, 0.6) is 0 Å². The standard InChI is InChI=1S/C22H19N3OS2/c1-14-11-19-20(12-15(14)2)28-21(24-19)10-9-17-13-27-22(23-17)25(16(3)26)18-7-5-4-6-8-18/h4-13H,1-3H3/b10-9+. The van der Waals surface area contributed by atoms with Gasteiger partial charge in [0.25, 0.3) is 0 Å². The summed E-state index contributed by atoms with van der Waals surface area (Å²) in [4.78, 5) is 23.1. The Labute approximate surface area is 171 Å². The van der Waals surface area contributed by atoms with Crippen LogP contribution < -0.4 is 4.90 Å².